The standard InChI is InChI=1S/C29H28N4O2/c1-20-11-10-16-25(21(20)2)33-27(34)26-17-24(23-14-8-5-9-15-23)31-32(26)19-29(33,3)28(35)30-18-22-12-6-4-7-13-22/h4-17H,18-19H2,1-3H3,(H,30,35)/t29-/m1/s1. The van der Waals surface area contributed by atoms with Gasteiger partial charge in [-0.3, -0.25) is 19.2 Å². The van der Waals surface area contributed by atoms with Crippen LogP contribution in [0.5, 0.6) is 0 Å². The maximum absolute atomic E-state index is 14.0. The van der Waals surface area contributed by atoms with Crippen LogP contribution in [-0.4, -0.2) is 27.1 Å². The number of rotatable bonds is 5. The normalized spacial score (nSPS) is 17.2. The molecule has 3 aromatic carbocycles. The smallest absolute Gasteiger partial charge is 0.277 e. The highest BCUT2D eigenvalue weighted by Crippen LogP contribution is 2.36. The fourth-order valence-electron chi connectivity index (χ4n) is 4.66. The molecule has 0 aliphatic carbocycles. The van der Waals surface area contributed by atoms with E-state index >= 15 is 0 Å². The van der Waals surface area contributed by atoms with Crippen molar-refractivity contribution in [2.75, 3.05) is 4.90 Å². The van der Waals surface area contributed by atoms with Crippen molar-refractivity contribution in [3.63, 3.8) is 0 Å². The first-order chi connectivity index (χ1) is 16.9. The number of fused-ring (bicyclic) bond motifs is 1. The van der Waals surface area contributed by atoms with Gasteiger partial charge in [-0.15, -0.1) is 0 Å². The van der Waals surface area contributed by atoms with Crippen LogP contribution in [0.3, 0.4) is 0 Å². The summed E-state index contributed by atoms with van der Waals surface area (Å²) in [6, 6.07) is 27.2. The zero-order chi connectivity index (χ0) is 24.6. The number of aromatic nitrogens is 2. The lowest BCUT2D eigenvalue weighted by molar-refractivity contribution is -0.126. The van der Waals surface area contributed by atoms with Crippen molar-refractivity contribution in [1.29, 1.82) is 0 Å². The number of carbonyl (C=O) groups excluding carboxylic acids is 2. The Bertz CT molecular complexity index is 1390. The van der Waals surface area contributed by atoms with Crippen molar-refractivity contribution in [3.8, 4) is 11.3 Å². The van der Waals surface area contributed by atoms with Crippen LogP contribution in [0.15, 0.2) is 84.9 Å². The van der Waals surface area contributed by atoms with Gasteiger partial charge in [0.2, 0.25) is 5.91 Å². The molecular weight excluding hydrogens is 436 g/mol. The predicted octanol–water partition coefficient (Wildman–Crippen LogP) is 4.90. The van der Waals surface area contributed by atoms with Crippen LogP contribution < -0.4 is 10.2 Å². The fraction of sp³-hybridized carbons (Fsp3) is 0.207. The molecule has 1 aliphatic heterocycles. The molecular formula is C29H28N4O2. The first-order valence-corrected chi connectivity index (χ1v) is 11.7. The number of anilines is 1. The van der Waals surface area contributed by atoms with Crippen LogP contribution in [0, 0.1) is 13.8 Å². The van der Waals surface area contributed by atoms with E-state index in [2.05, 4.69) is 5.32 Å². The van der Waals surface area contributed by atoms with Crippen LogP contribution in [0.25, 0.3) is 11.3 Å². The molecule has 176 valence electrons. The molecule has 1 N–H and O–H groups in total. The first kappa shape index (κ1) is 22.6. The average molecular weight is 465 g/mol. The highest BCUT2D eigenvalue weighted by molar-refractivity contribution is 6.12. The number of nitrogens with zero attached hydrogens (tertiary/aromatic N) is 3. The van der Waals surface area contributed by atoms with Crippen molar-refractivity contribution >= 4 is 17.5 Å². The third-order valence-electron chi connectivity index (χ3n) is 6.82. The number of carbonyl (C=O) groups is 2. The quantitative estimate of drug-likeness (QED) is 0.457. The molecule has 5 rings (SSSR count). The van der Waals surface area contributed by atoms with E-state index in [9.17, 15) is 9.59 Å². The molecule has 0 radical (unpaired) electrons. The van der Waals surface area contributed by atoms with Gasteiger partial charge < -0.3 is 5.32 Å². The minimum Gasteiger partial charge on any atom is -0.350 e. The molecule has 0 bridgehead atoms. The van der Waals surface area contributed by atoms with Crippen molar-refractivity contribution < 1.29 is 9.59 Å². The van der Waals surface area contributed by atoms with Crippen LogP contribution in [0.2, 0.25) is 0 Å². The maximum Gasteiger partial charge on any atom is 0.277 e. The summed E-state index contributed by atoms with van der Waals surface area (Å²) in [5.41, 5.74) is 4.71. The average Bonchev–Trinajstić information content (AvgIpc) is 3.30. The summed E-state index contributed by atoms with van der Waals surface area (Å²) in [7, 11) is 0. The maximum atomic E-state index is 14.0. The number of aryl methyl sites for hydroxylation is 1. The van der Waals surface area contributed by atoms with Crippen molar-refractivity contribution in [3.05, 3.63) is 107 Å². The number of benzene rings is 3. The van der Waals surface area contributed by atoms with Gasteiger partial charge in [0.05, 0.1) is 12.2 Å². The highest BCUT2D eigenvalue weighted by Gasteiger charge is 2.49. The van der Waals surface area contributed by atoms with Crippen LogP contribution in [0.4, 0.5) is 5.69 Å². The van der Waals surface area contributed by atoms with E-state index in [4.69, 9.17) is 5.10 Å². The Kier molecular flexibility index (Phi) is 5.73. The molecule has 6 heteroatoms. The molecule has 0 unspecified atom stereocenters. The molecule has 0 saturated carbocycles. The van der Waals surface area contributed by atoms with Crippen LogP contribution in [-0.2, 0) is 17.9 Å². The summed E-state index contributed by atoms with van der Waals surface area (Å²) in [4.78, 5) is 29.4. The third-order valence-corrected chi connectivity index (χ3v) is 6.82. The van der Waals surface area contributed by atoms with Gasteiger partial charge in [0.15, 0.2) is 0 Å². The SMILES string of the molecule is Cc1cccc(N2C(=O)c3cc(-c4ccccc4)nn3C[C@]2(C)C(=O)NCc2ccccc2)c1C. The molecule has 0 spiro atoms. The monoisotopic (exact) mass is 464 g/mol. The largest absolute Gasteiger partial charge is 0.350 e. The lowest BCUT2D eigenvalue weighted by Crippen LogP contribution is -2.64. The summed E-state index contributed by atoms with van der Waals surface area (Å²) in [6.07, 6.45) is 0. The van der Waals surface area contributed by atoms with Gasteiger partial charge in [-0.25, -0.2) is 0 Å². The van der Waals surface area contributed by atoms with E-state index in [1.165, 1.54) is 0 Å². The molecule has 4 aromatic rings. The second-order valence-electron chi connectivity index (χ2n) is 9.24. The summed E-state index contributed by atoms with van der Waals surface area (Å²) in [6.45, 7) is 6.44. The Labute approximate surface area is 205 Å². The zero-order valence-electron chi connectivity index (χ0n) is 20.2. The number of hydrogen-bond donors (Lipinski definition) is 1. The molecule has 0 fully saturated rings. The fourth-order valence-corrected chi connectivity index (χ4v) is 4.66. The topological polar surface area (TPSA) is 67.2 Å². The van der Waals surface area contributed by atoms with Crippen LogP contribution in [0.1, 0.15) is 34.1 Å². The highest BCUT2D eigenvalue weighted by atomic mass is 16.2. The van der Waals surface area contributed by atoms with Gasteiger partial charge in [0.1, 0.15) is 11.2 Å². The summed E-state index contributed by atoms with van der Waals surface area (Å²) in [5, 5.41) is 7.78. The van der Waals surface area contributed by atoms with Crippen LogP contribution >= 0.6 is 0 Å². The van der Waals surface area contributed by atoms with Gasteiger partial charge in [-0.05, 0) is 49.6 Å². The Hall–Kier alpha value is -4.19. The molecule has 2 amide bonds. The first-order valence-electron chi connectivity index (χ1n) is 11.7. The predicted molar refractivity (Wildman–Crippen MR) is 137 cm³/mol. The zero-order valence-corrected chi connectivity index (χ0v) is 20.2. The molecule has 0 saturated heterocycles. The van der Waals surface area contributed by atoms with Crippen molar-refractivity contribution in [2.24, 2.45) is 0 Å². The Morgan fingerprint density at radius 3 is 2.37 bits per heavy atom. The lowest BCUT2D eigenvalue weighted by atomic mass is 9.92. The van der Waals surface area contributed by atoms with E-state index in [1.54, 1.807) is 9.58 Å². The lowest BCUT2D eigenvalue weighted by Gasteiger charge is -2.43. The number of amides is 2. The van der Waals surface area contributed by atoms with Crippen molar-refractivity contribution in [1.82, 2.24) is 15.1 Å². The molecule has 2 heterocycles. The molecule has 6 nitrogen and oxygen atoms in total. The summed E-state index contributed by atoms with van der Waals surface area (Å²) in [5.74, 6) is -0.463. The van der Waals surface area contributed by atoms with Gasteiger partial charge in [-0.2, -0.15) is 5.10 Å². The van der Waals surface area contributed by atoms with E-state index in [-0.39, 0.29) is 18.4 Å². The van der Waals surface area contributed by atoms with Gasteiger partial charge in [-0.1, -0.05) is 72.8 Å². The van der Waals surface area contributed by atoms with E-state index in [0.717, 1.165) is 27.9 Å². The number of nitrogens with one attached hydrogen (secondary N) is 1. The molecule has 1 aliphatic rings. The summed E-state index contributed by atoms with van der Waals surface area (Å²) < 4.78 is 1.67. The Morgan fingerprint density at radius 2 is 1.66 bits per heavy atom. The molecule has 35 heavy (non-hydrogen) atoms. The number of hydrogen-bond acceptors (Lipinski definition) is 3. The molecule has 1 atom stereocenters. The minimum absolute atomic E-state index is 0.224. The van der Waals surface area contributed by atoms with Crippen molar-refractivity contribution in [2.45, 2.75) is 39.4 Å². The summed E-state index contributed by atoms with van der Waals surface area (Å²) >= 11 is 0. The van der Waals surface area contributed by atoms with E-state index < -0.39 is 5.54 Å². The third kappa shape index (κ3) is 4.01. The molecule has 1 aromatic heterocycles. The second-order valence-corrected chi connectivity index (χ2v) is 9.24. The van der Waals surface area contributed by atoms with E-state index in [0.29, 0.717) is 17.9 Å². The van der Waals surface area contributed by atoms with Gasteiger partial charge >= 0.3 is 0 Å². The minimum atomic E-state index is -1.17. The van der Waals surface area contributed by atoms with E-state index in [1.807, 2.05) is 106 Å². The Morgan fingerprint density at radius 1 is 0.971 bits per heavy atom. The Balaban J connectivity index is 1.58. The second kappa shape index (κ2) is 8.87. The van der Waals surface area contributed by atoms with Gasteiger partial charge in [0, 0.05) is 17.8 Å². The van der Waals surface area contributed by atoms with Gasteiger partial charge in [0.25, 0.3) is 5.91 Å².